The minimum Gasteiger partial charge on any atom is -0.309 e. The van der Waals surface area contributed by atoms with E-state index in [1.54, 1.807) is 17.4 Å². The maximum absolute atomic E-state index is 13.4. The summed E-state index contributed by atoms with van der Waals surface area (Å²) >= 11 is 5.03. The number of thiophene rings is 1. The molecule has 0 saturated heterocycles. The Kier molecular flexibility index (Phi) is 3.97. The summed E-state index contributed by atoms with van der Waals surface area (Å²) in [6.45, 7) is 2.07. The van der Waals surface area contributed by atoms with Gasteiger partial charge in [0, 0.05) is 9.35 Å². The normalized spacial score (nSPS) is 12.7. The Balaban J connectivity index is 2.41. The van der Waals surface area contributed by atoms with Crippen molar-refractivity contribution in [1.29, 1.82) is 0 Å². The largest absolute Gasteiger partial charge is 0.309 e. The van der Waals surface area contributed by atoms with Crippen LogP contribution in [0.4, 0.5) is 4.39 Å². The number of halogens is 2. The average Bonchev–Trinajstić information content (AvgIpc) is 2.64. The Bertz CT molecular complexity index is 504. The van der Waals surface area contributed by atoms with Crippen LogP contribution in [0.2, 0.25) is 0 Å². The monoisotopic (exact) mass is 313 g/mol. The molecule has 0 saturated carbocycles. The van der Waals surface area contributed by atoms with E-state index in [2.05, 4.69) is 39.6 Å². The first-order valence-corrected chi connectivity index (χ1v) is 6.95. The van der Waals surface area contributed by atoms with Gasteiger partial charge in [-0.15, -0.1) is 11.3 Å². The topological polar surface area (TPSA) is 12.0 Å². The van der Waals surface area contributed by atoms with Crippen molar-refractivity contribution < 1.29 is 4.39 Å². The van der Waals surface area contributed by atoms with Crippen LogP contribution >= 0.6 is 27.3 Å². The molecule has 1 heterocycles. The molecule has 0 spiro atoms. The summed E-state index contributed by atoms with van der Waals surface area (Å²) in [6, 6.07) is 7.14. The fourth-order valence-electron chi connectivity index (χ4n) is 1.88. The lowest BCUT2D eigenvalue weighted by molar-refractivity contribution is 0.616. The molecule has 1 unspecified atom stereocenters. The molecule has 0 bridgehead atoms. The molecule has 1 N–H and O–H groups in total. The van der Waals surface area contributed by atoms with Gasteiger partial charge in [0.05, 0.1) is 6.04 Å². The molecule has 1 aromatic heterocycles. The highest BCUT2D eigenvalue weighted by molar-refractivity contribution is 9.10. The van der Waals surface area contributed by atoms with Crippen LogP contribution < -0.4 is 5.32 Å². The second kappa shape index (κ2) is 5.29. The standard InChI is InChI=1S/C13H13BrFNS/c1-8-3-10(7-17-8)13(16-2)9-4-11(14)6-12(15)5-9/h3-7,13,16H,1-2H3. The van der Waals surface area contributed by atoms with E-state index < -0.39 is 0 Å². The van der Waals surface area contributed by atoms with Gasteiger partial charge >= 0.3 is 0 Å². The highest BCUT2D eigenvalue weighted by Crippen LogP contribution is 2.28. The lowest BCUT2D eigenvalue weighted by Gasteiger charge is -2.16. The number of aryl methyl sites for hydroxylation is 1. The minimum absolute atomic E-state index is 0.0342. The van der Waals surface area contributed by atoms with Crippen molar-refractivity contribution in [3.05, 3.63) is 55.9 Å². The van der Waals surface area contributed by atoms with Crippen LogP contribution in [-0.2, 0) is 0 Å². The van der Waals surface area contributed by atoms with Crippen molar-refractivity contribution in [3.63, 3.8) is 0 Å². The van der Waals surface area contributed by atoms with Gasteiger partial charge in [-0.3, -0.25) is 0 Å². The van der Waals surface area contributed by atoms with E-state index in [1.807, 2.05) is 13.1 Å². The van der Waals surface area contributed by atoms with Gasteiger partial charge in [0.1, 0.15) is 5.82 Å². The summed E-state index contributed by atoms with van der Waals surface area (Å²) in [6.07, 6.45) is 0. The SMILES string of the molecule is CNC(c1cc(F)cc(Br)c1)c1csc(C)c1. The van der Waals surface area contributed by atoms with Gasteiger partial charge < -0.3 is 5.32 Å². The van der Waals surface area contributed by atoms with E-state index in [1.165, 1.54) is 16.5 Å². The van der Waals surface area contributed by atoms with E-state index >= 15 is 0 Å². The summed E-state index contributed by atoms with van der Waals surface area (Å²) in [5, 5.41) is 5.33. The summed E-state index contributed by atoms with van der Waals surface area (Å²) in [5.41, 5.74) is 2.10. The molecule has 2 aromatic rings. The van der Waals surface area contributed by atoms with Crippen molar-refractivity contribution in [2.24, 2.45) is 0 Å². The number of benzene rings is 1. The van der Waals surface area contributed by atoms with Gasteiger partial charge in [-0.1, -0.05) is 15.9 Å². The van der Waals surface area contributed by atoms with Crippen LogP contribution in [0.25, 0.3) is 0 Å². The fourth-order valence-corrected chi connectivity index (χ4v) is 3.10. The van der Waals surface area contributed by atoms with E-state index in [0.717, 1.165) is 10.0 Å². The van der Waals surface area contributed by atoms with E-state index in [0.29, 0.717) is 0 Å². The predicted octanol–water partition coefficient (Wildman–Crippen LogP) is 4.27. The molecule has 0 aliphatic carbocycles. The molecule has 2 rings (SSSR count). The van der Waals surface area contributed by atoms with Crippen LogP contribution in [0.5, 0.6) is 0 Å². The number of hydrogen-bond donors (Lipinski definition) is 1. The summed E-state index contributed by atoms with van der Waals surface area (Å²) in [5.74, 6) is -0.221. The van der Waals surface area contributed by atoms with Gasteiger partial charge in [0.2, 0.25) is 0 Å². The van der Waals surface area contributed by atoms with Gasteiger partial charge in [-0.2, -0.15) is 0 Å². The van der Waals surface area contributed by atoms with Crippen molar-refractivity contribution in [3.8, 4) is 0 Å². The van der Waals surface area contributed by atoms with E-state index in [9.17, 15) is 4.39 Å². The van der Waals surface area contributed by atoms with Crippen LogP contribution in [0.1, 0.15) is 22.0 Å². The van der Waals surface area contributed by atoms with Crippen LogP contribution in [0.15, 0.2) is 34.1 Å². The zero-order chi connectivity index (χ0) is 12.4. The third-order valence-corrected chi connectivity index (χ3v) is 3.93. The van der Waals surface area contributed by atoms with Crippen LogP contribution in [0.3, 0.4) is 0 Å². The molecule has 1 aromatic carbocycles. The Morgan fingerprint density at radius 3 is 2.53 bits per heavy atom. The zero-order valence-electron chi connectivity index (χ0n) is 9.63. The lowest BCUT2D eigenvalue weighted by Crippen LogP contribution is -2.17. The zero-order valence-corrected chi connectivity index (χ0v) is 12.0. The molecule has 0 radical (unpaired) electrons. The predicted molar refractivity (Wildman–Crippen MR) is 74.1 cm³/mol. The minimum atomic E-state index is -0.221. The quantitative estimate of drug-likeness (QED) is 0.892. The first-order chi connectivity index (χ1) is 8.10. The third-order valence-electron chi connectivity index (χ3n) is 2.59. The fraction of sp³-hybridized carbons (Fsp3) is 0.231. The molecule has 0 aliphatic rings. The first-order valence-electron chi connectivity index (χ1n) is 5.28. The molecule has 0 fully saturated rings. The number of rotatable bonds is 3. The Labute approximate surface area is 113 Å². The number of nitrogens with one attached hydrogen (secondary N) is 1. The van der Waals surface area contributed by atoms with Crippen LogP contribution in [-0.4, -0.2) is 7.05 Å². The van der Waals surface area contributed by atoms with Gasteiger partial charge in [0.15, 0.2) is 0 Å². The van der Waals surface area contributed by atoms with Gasteiger partial charge in [-0.05, 0) is 54.7 Å². The second-order valence-electron chi connectivity index (χ2n) is 3.92. The molecule has 1 nitrogen and oxygen atoms in total. The molecular weight excluding hydrogens is 301 g/mol. The number of hydrogen-bond acceptors (Lipinski definition) is 2. The summed E-state index contributed by atoms with van der Waals surface area (Å²) in [4.78, 5) is 1.26. The molecule has 1 atom stereocenters. The van der Waals surface area contributed by atoms with Crippen molar-refractivity contribution in [1.82, 2.24) is 5.32 Å². The Morgan fingerprint density at radius 1 is 1.24 bits per heavy atom. The highest BCUT2D eigenvalue weighted by Gasteiger charge is 2.14. The smallest absolute Gasteiger partial charge is 0.124 e. The molecular formula is C13H13BrFNS. The Morgan fingerprint density at radius 2 is 2.00 bits per heavy atom. The Hall–Kier alpha value is -0.710. The maximum Gasteiger partial charge on any atom is 0.124 e. The molecule has 0 aliphatic heterocycles. The van der Waals surface area contributed by atoms with Crippen LogP contribution in [0, 0.1) is 12.7 Å². The van der Waals surface area contributed by atoms with E-state index in [-0.39, 0.29) is 11.9 Å². The van der Waals surface area contributed by atoms with E-state index in [4.69, 9.17) is 0 Å². The highest BCUT2D eigenvalue weighted by atomic mass is 79.9. The van der Waals surface area contributed by atoms with Gasteiger partial charge in [0.25, 0.3) is 0 Å². The molecule has 90 valence electrons. The first kappa shape index (κ1) is 12.7. The molecule has 17 heavy (non-hydrogen) atoms. The van der Waals surface area contributed by atoms with Crippen molar-refractivity contribution in [2.45, 2.75) is 13.0 Å². The molecule has 0 amide bonds. The average molecular weight is 314 g/mol. The third kappa shape index (κ3) is 2.94. The maximum atomic E-state index is 13.4. The summed E-state index contributed by atoms with van der Waals surface area (Å²) < 4.78 is 14.2. The second-order valence-corrected chi connectivity index (χ2v) is 5.95. The van der Waals surface area contributed by atoms with Crippen molar-refractivity contribution >= 4 is 27.3 Å². The lowest BCUT2D eigenvalue weighted by atomic mass is 10.0. The summed E-state index contributed by atoms with van der Waals surface area (Å²) in [7, 11) is 1.89. The van der Waals surface area contributed by atoms with Gasteiger partial charge in [-0.25, -0.2) is 4.39 Å². The molecule has 4 heteroatoms. The van der Waals surface area contributed by atoms with Crippen molar-refractivity contribution in [2.75, 3.05) is 7.05 Å².